The van der Waals surface area contributed by atoms with E-state index in [0.29, 0.717) is 36.5 Å². The summed E-state index contributed by atoms with van der Waals surface area (Å²) in [6.45, 7) is 3.04. The third-order valence-electron chi connectivity index (χ3n) is 6.56. The summed E-state index contributed by atoms with van der Waals surface area (Å²) in [4.78, 5) is 33.1. The molecule has 0 N–H and O–H groups in total. The predicted molar refractivity (Wildman–Crippen MR) is 136 cm³/mol. The van der Waals surface area contributed by atoms with E-state index in [-0.39, 0.29) is 29.6 Å². The highest BCUT2D eigenvalue weighted by molar-refractivity contribution is 7.90. The minimum Gasteiger partial charge on any atom is -0.367 e. The average Bonchev–Trinajstić information content (AvgIpc) is 3.30. The van der Waals surface area contributed by atoms with Crippen molar-refractivity contribution in [1.82, 2.24) is 29.4 Å². The number of amides is 1. The van der Waals surface area contributed by atoms with Gasteiger partial charge in [0.25, 0.3) is 0 Å². The molecule has 1 fully saturated rings. The molecule has 4 heterocycles. The number of imidazole rings is 1. The number of rotatable bonds is 5. The van der Waals surface area contributed by atoms with Gasteiger partial charge in [0.1, 0.15) is 12.1 Å². The number of aromatic nitrogens is 5. The van der Waals surface area contributed by atoms with Crippen LogP contribution in [0.1, 0.15) is 12.5 Å². The van der Waals surface area contributed by atoms with Gasteiger partial charge in [-0.3, -0.25) is 4.79 Å². The SMILES string of the molecule is CC1CN(c2ccc(C(F)(F)F)cc2-c2cnc(S(C)(=O)=O)nc2)CCN1C(=O)Cn1cnc2cccnc21. The molecule has 3 aromatic heterocycles. The van der Waals surface area contributed by atoms with Crippen LogP contribution in [0.5, 0.6) is 0 Å². The van der Waals surface area contributed by atoms with Crippen molar-refractivity contribution in [3.8, 4) is 11.1 Å². The van der Waals surface area contributed by atoms with Crippen molar-refractivity contribution in [3.05, 3.63) is 60.8 Å². The van der Waals surface area contributed by atoms with E-state index >= 15 is 0 Å². The van der Waals surface area contributed by atoms with Crippen LogP contribution in [0.2, 0.25) is 0 Å². The van der Waals surface area contributed by atoms with E-state index in [1.165, 1.54) is 18.5 Å². The lowest BCUT2D eigenvalue weighted by atomic mass is 10.0. The highest BCUT2D eigenvalue weighted by Crippen LogP contribution is 2.38. The first-order chi connectivity index (χ1) is 18.4. The molecule has 0 saturated carbocycles. The second-order valence-electron chi connectivity index (χ2n) is 9.36. The molecule has 5 rings (SSSR count). The number of benzene rings is 1. The van der Waals surface area contributed by atoms with Gasteiger partial charge in [0, 0.05) is 67.3 Å². The molecule has 1 unspecified atom stereocenters. The molecule has 1 saturated heterocycles. The van der Waals surface area contributed by atoms with Crippen LogP contribution in [0.3, 0.4) is 0 Å². The molecular formula is C25H24F3N7O3S. The van der Waals surface area contributed by atoms with Crippen molar-refractivity contribution in [2.75, 3.05) is 30.8 Å². The molecule has 4 aromatic rings. The van der Waals surface area contributed by atoms with Gasteiger partial charge in [-0.05, 0) is 37.3 Å². The van der Waals surface area contributed by atoms with Crippen molar-refractivity contribution in [2.45, 2.75) is 30.8 Å². The van der Waals surface area contributed by atoms with Crippen LogP contribution in [-0.4, -0.2) is 75.7 Å². The molecule has 1 atom stereocenters. The van der Waals surface area contributed by atoms with Gasteiger partial charge in [0.2, 0.25) is 20.9 Å². The number of nitrogens with zero attached hydrogens (tertiary/aromatic N) is 7. The van der Waals surface area contributed by atoms with Crippen LogP contribution >= 0.6 is 0 Å². The Kier molecular flexibility index (Phi) is 6.74. The van der Waals surface area contributed by atoms with E-state index in [1.54, 1.807) is 28.1 Å². The molecule has 1 aromatic carbocycles. The zero-order chi connectivity index (χ0) is 27.9. The Hall–Kier alpha value is -4.07. The van der Waals surface area contributed by atoms with E-state index in [2.05, 4.69) is 19.9 Å². The van der Waals surface area contributed by atoms with Gasteiger partial charge in [-0.1, -0.05) is 0 Å². The lowest BCUT2D eigenvalue weighted by Gasteiger charge is -2.41. The molecule has 204 valence electrons. The summed E-state index contributed by atoms with van der Waals surface area (Å²) in [6.07, 6.45) is 1.98. The van der Waals surface area contributed by atoms with Crippen molar-refractivity contribution in [2.24, 2.45) is 0 Å². The molecule has 14 heteroatoms. The number of carbonyl (C=O) groups is 1. The Balaban J connectivity index is 1.39. The molecule has 39 heavy (non-hydrogen) atoms. The molecule has 1 aliphatic heterocycles. The average molecular weight is 560 g/mol. The van der Waals surface area contributed by atoms with Crippen LogP contribution in [0.4, 0.5) is 18.9 Å². The number of sulfone groups is 1. The number of pyridine rings is 1. The van der Waals surface area contributed by atoms with Crippen molar-refractivity contribution in [3.63, 3.8) is 0 Å². The summed E-state index contributed by atoms with van der Waals surface area (Å²) in [7, 11) is -3.68. The quantitative estimate of drug-likeness (QED) is 0.343. The minimum absolute atomic E-state index is 0.0629. The maximum atomic E-state index is 13.6. The van der Waals surface area contributed by atoms with Gasteiger partial charge in [-0.15, -0.1) is 0 Å². The van der Waals surface area contributed by atoms with E-state index in [9.17, 15) is 26.4 Å². The fourth-order valence-corrected chi connectivity index (χ4v) is 5.15. The number of hydrogen-bond acceptors (Lipinski definition) is 8. The lowest BCUT2D eigenvalue weighted by molar-refractivity contribution is -0.137. The molecular weight excluding hydrogens is 535 g/mol. The Labute approximate surface area is 222 Å². The molecule has 1 amide bonds. The fraction of sp³-hybridized carbons (Fsp3) is 0.320. The monoisotopic (exact) mass is 559 g/mol. The summed E-state index contributed by atoms with van der Waals surface area (Å²) in [5, 5.41) is -0.415. The van der Waals surface area contributed by atoms with Crippen LogP contribution in [0.15, 0.2) is 60.4 Å². The van der Waals surface area contributed by atoms with E-state index in [0.717, 1.165) is 18.4 Å². The van der Waals surface area contributed by atoms with Crippen molar-refractivity contribution < 1.29 is 26.4 Å². The Morgan fingerprint density at radius 2 is 1.82 bits per heavy atom. The van der Waals surface area contributed by atoms with Gasteiger partial charge in [-0.2, -0.15) is 13.2 Å². The topological polar surface area (TPSA) is 114 Å². The third kappa shape index (κ3) is 5.41. The van der Waals surface area contributed by atoms with E-state index < -0.39 is 26.7 Å². The number of fused-ring (bicyclic) bond motifs is 1. The summed E-state index contributed by atoms with van der Waals surface area (Å²) in [5.41, 5.74) is 1.41. The molecule has 10 nitrogen and oxygen atoms in total. The lowest BCUT2D eigenvalue weighted by Crippen LogP contribution is -2.54. The first-order valence-corrected chi connectivity index (χ1v) is 13.8. The van der Waals surface area contributed by atoms with Crippen LogP contribution in [-0.2, 0) is 27.4 Å². The minimum atomic E-state index is -4.58. The number of hydrogen-bond donors (Lipinski definition) is 0. The van der Waals surface area contributed by atoms with Gasteiger partial charge < -0.3 is 14.4 Å². The molecule has 0 spiro atoms. The zero-order valence-corrected chi connectivity index (χ0v) is 21.8. The first kappa shape index (κ1) is 26.5. The largest absolute Gasteiger partial charge is 0.416 e. The number of piperazine rings is 1. The van der Waals surface area contributed by atoms with Crippen molar-refractivity contribution in [1.29, 1.82) is 0 Å². The van der Waals surface area contributed by atoms with Gasteiger partial charge >= 0.3 is 6.18 Å². The molecule has 0 bridgehead atoms. The summed E-state index contributed by atoms with van der Waals surface area (Å²) < 4.78 is 65.8. The summed E-state index contributed by atoms with van der Waals surface area (Å²) in [6, 6.07) is 6.73. The zero-order valence-electron chi connectivity index (χ0n) is 21.0. The number of alkyl halides is 3. The Morgan fingerprint density at radius 3 is 2.49 bits per heavy atom. The predicted octanol–water partition coefficient (Wildman–Crippen LogP) is 3.05. The summed E-state index contributed by atoms with van der Waals surface area (Å²) >= 11 is 0. The maximum Gasteiger partial charge on any atom is 0.416 e. The maximum absolute atomic E-state index is 13.6. The molecule has 0 radical (unpaired) electrons. The standard InChI is InChI=1S/C25H24F3N7O3S/c1-16-13-33(8-9-35(16)22(36)14-34-15-32-20-4-3-7-29-23(20)34)21-6-5-18(25(26,27)28)10-19(21)17-11-30-24(31-12-17)39(2,37)38/h3-7,10-12,15-16H,8-9,13-14H2,1-2H3. The fourth-order valence-electron chi connectivity index (χ4n) is 4.66. The smallest absolute Gasteiger partial charge is 0.367 e. The molecule has 0 aliphatic carbocycles. The number of carbonyl (C=O) groups excluding carboxylic acids is 1. The number of anilines is 1. The van der Waals surface area contributed by atoms with Crippen molar-refractivity contribution >= 4 is 32.6 Å². The second kappa shape index (κ2) is 9.91. The van der Waals surface area contributed by atoms with E-state index in [4.69, 9.17) is 0 Å². The summed E-state index contributed by atoms with van der Waals surface area (Å²) in [5.74, 6) is -0.121. The highest BCUT2D eigenvalue weighted by Gasteiger charge is 2.33. The number of halogens is 3. The Morgan fingerprint density at radius 1 is 1.08 bits per heavy atom. The van der Waals surface area contributed by atoms with E-state index in [1.807, 2.05) is 17.9 Å². The van der Waals surface area contributed by atoms with Gasteiger partial charge in [-0.25, -0.2) is 28.4 Å². The third-order valence-corrected chi connectivity index (χ3v) is 7.44. The molecule has 1 aliphatic rings. The van der Waals surface area contributed by atoms with Crippen LogP contribution in [0, 0.1) is 0 Å². The first-order valence-electron chi connectivity index (χ1n) is 12.0. The Bertz CT molecular complexity index is 1640. The van der Waals surface area contributed by atoms with Crippen LogP contribution in [0.25, 0.3) is 22.3 Å². The normalized spacial score (nSPS) is 16.6. The van der Waals surface area contributed by atoms with Gasteiger partial charge in [0.05, 0.1) is 11.9 Å². The van der Waals surface area contributed by atoms with Crippen LogP contribution < -0.4 is 4.90 Å². The highest BCUT2D eigenvalue weighted by atomic mass is 32.2. The van der Waals surface area contributed by atoms with Gasteiger partial charge in [0.15, 0.2) is 5.65 Å². The second-order valence-corrected chi connectivity index (χ2v) is 11.3.